The Bertz CT molecular complexity index is 362. The van der Waals surface area contributed by atoms with Gasteiger partial charge in [-0.05, 0) is 37.1 Å². The van der Waals surface area contributed by atoms with Gasteiger partial charge in [-0.25, -0.2) is 0 Å². The van der Waals surface area contributed by atoms with E-state index in [-0.39, 0.29) is 11.5 Å². The SMILES string of the molecule is CCc1cc(OC(F)F)cc(C(C)=O)c1. The summed E-state index contributed by atoms with van der Waals surface area (Å²) < 4.78 is 28.2. The van der Waals surface area contributed by atoms with Gasteiger partial charge in [0.15, 0.2) is 5.78 Å². The van der Waals surface area contributed by atoms with Crippen molar-refractivity contribution in [2.75, 3.05) is 0 Å². The molecule has 0 radical (unpaired) electrons. The standard InChI is InChI=1S/C11H12F2O2/c1-3-8-4-9(7(2)14)6-10(5-8)15-11(12)13/h4-6,11H,3H2,1-2H3. The zero-order valence-electron chi connectivity index (χ0n) is 8.59. The third kappa shape index (κ3) is 3.31. The highest BCUT2D eigenvalue weighted by atomic mass is 19.3. The van der Waals surface area contributed by atoms with Crippen molar-refractivity contribution >= 4 is 5.78 Å². The van der Waals surface area contributed by atoms with Crippen LogP contribution in [0.5, 0.6) is 5.75 Å². The first-order chi connectivity index (χ1) is 7.02. The van der Waals surface area contributed by atoms with Gasteiger partial charge in [0.2, 0.25) is 0 Å². The quantitative estimate of drug-likeness (QED) is 0.720. The van der Waals surface area contributed by atoms with Crippen LogP contribution >= 0.6 is 0 Å². The van der Waals surface area contributed by atoms with E-state index in [2.05, 4.69) is 4.74 Å². The Morgan fingerprint density at radius 2 is 2.07 bits per heavy atom. The maximum atomic E-state index is 12.0. The average molecular weight is 214 g/mol. The molecule has 0 fully saturated rings. The van der Waals surface area contributed by atoms with Gasteiger partial charge < -0.3 is 4.74 Å². The maximum absolute atomic E-state index is 12.0. The number of halogens is 2. The van der Waals surface area contributed by atoms with Crippen molar-refractivity contribution in [2.45, 2.75) is 26.9 Å². The number of carbonyl (C=O) groups excluding carboxylic acids is 1. The van der Waals surface area contributed by atoms with Crippen LogP contribution in [0.4, 0.5) is 8.78 Å². The Balaban J connectivity index is 3.05. The van der Waals surface area contributed by atoms with Crippen molar-refractivity contribution in [1.82, 2.24) is 0 Å². The van der Waals surface area contributed by atoms with E-state index in [1.54, 1.807) is 6.07 Å². The molecule has 1 rings (SSSR count). The van der Waals surface area contributed by atoms with E-state index in [1.807, 2.05) is 6.92 Å². The third-order valence-corrected chi connectivity index (χ3v) is 2.01. The van der Waals surface area contributed by atoms with Crippen LogP contribution in [-0.2, 0) is 6.42 Å². The number of Topliss-reactive ketones (excluding diaryl/α,β-unsaturated/α-hetero) is 1. The van der Waals surface area contributed by atoms with Gasteiger partial charge in [-0.1, -0.05) is 6.92 Å². The maximum Gasteiger partial charge on any atom is 0.387 e. The predicted molar refractivity (Wildman–Crippen MR) is 52.5 cm³/mol. The van der Waals surface area contributed by atoms with Crippen LogP contribution < -0.4 is 4.74 Å². The second-order valence-corrected chi connectivity index (χ2v) is 3.15. The number of rotatable bonds is 4. The number of hydrogen-bond acceptors (Lipinski definition) is 2. The number of ether oxygens (including phenoxy) is 1. The number of ketones is 1. The Morgan fingerprint density at radius 3 is 2.53 bits per heavy atom. The van der Waals surface area contributed by atoms with Gasteiger partial charge in [0.05, 0.1) is 0 Å². The molecule has 0 bridgehead atoms. The normalized spacial score (nSPS) is 10.5. The first-order valence-electron chi connectivity index (χ1n) is 4.62. The van der Waals surface area contributed by atoms with Crippen molar-refractivity contribution in [2.24, 2.45) is 0 Å². The molecule has 0 aliphatic carbocycles. The van der Waals surface area contributed by atoms with Crippen molar-refractivity contribution < 1.29 is 18.3 Å². The lowest BCUT2D eigenvalue weighted by Crippen LogP contribution is -2.04. The van der Waals surface area contributed by atoms with Crippen LogP contribution in [0.15, 0.2) is 18.2 Å². The highest BCUT2D eigenvalue weighted by Crippen LogP contribution is 2.20. The molecule has 15 heavy (non-hydrogen) atoms. The first-order valence-corrected chi connectivity index (χ1v) is 4.62. The first kappa shape index (κ1) is 11.6. The lowest BCUT2D eigenvalue weighted by Gasteiger charge is -2.08. The fourth-order valence-corrected chi connectivity index (χ4v) is 1.24. The van der Waals surface area contributed by atoms with Crippen LogP contribution in [0.2, 0.25) is 0 Å². The fourth-order valence-electron chi connectivity index (χ4n) is 1.24. The van der Waals surface area contributed by atoms with Gasteiger partial charge in [-0.2, -0.15) is 8.78 Å². The molecule has 0 saturated carbocycles. The number of benzene rings is 1. The van der Waals surface area contributed by atoms with Gasteiger partial charge in [-0.15, -0.1) is 0 Å². The molecular weight excluding hydrogens is 202 g/mol. The van der Waals surface area contributed by atoms with E-state index >= 15 is 0 Å². The smallest absolute Gasteiger partial charge is 0.387 e. The molecule has 0 atom stereocenters. The number of hydrogen-bond donors (Lipinski definition) is 0. The zero-order chi connectivity index (χ0) is 11.4. The molecule has 0 aromatic heterocycles. The summed E-state index contributed by atoms with van der Waals surface area (Å²) >= 11 is 0. The number of carbonyl (C=O) groups is 1. The molecule has 0 amide bonds. The van der Waals surface area contributed by atoms with E-state index in [0.717, 1.165) is 5.56 Å². The minimum Gasteiger partial charge on any atom is -0.435 e. The summed E-state index contributed by atoms with van der Waals surface area (Å²) in [5.41, 5.74) is 1.20. The summed E-state index contributed by atoms with van der Waals surface area (Å²) in [4.78, 5) is 11.1. The van der Waals surface area contributed by atoms with Crippen LogP contribution in [0.3, 0.4) is 0 Å². The van der Waals surface area contributed by atoms with Crippen LogP contribution in [0.1, 0.15) is 29.8 Å². The monoisotopic (exact) mass is 214 g/mol. The van der Waals surface area contributed by atoms with Crippen molar-refractivity contribution in [1.29, 1.82) is 0 Å². The lowest BCUT2D eigenvalue weighted by molar-refractivity contribution is -0.0499. The molecule has 0 unspecified atom stereocenters. The largest absolute Gasteiger partial charge is 0.435 e. The van der Waals surface area contributed by atoms with E-state index in [0.29, 0.717) is 12.0 Å². The van der Waals surface area contributed by atoms with Crippen LogP contribution in [-0.4, -0.2) is 12.4 Å². The fraction of sp³-hybridized carbons (Fsp3) is 0.364. The summed E-state index contributed by atoms with van der Waals surface area (Å²) in [5.74, 6) is -0.126. The van der Waals surface area contributed by atoms with Gasteiger partial charge in [0, 0.05) is 5.56 Å². The average Bonchev–Trinajstić information content (AvgIpc) is 2.16. The van der Waals surface area contributed by atoms with Gasteiger partial charge >= 0.3 is 6.61 Å². The summed E-state index contributed by atoms with van der Waals surface area (Å²) in [5, 5.41) is 0. The van der Waals surface area contributed by atoms with E-state index < -0.39 is 6.61 Å². The molecule has 0 heterocycles. The molecule has 0 spiro atoms. The molecule has 4 heteroatoms. The Kier molecular flexibility index (Phi) is 3.77. The molecule has 2 nitrogen and oxygen atoms in total. The van der Waals surface area contributed by atoms with E-state index in [9.17, 15) is 13.6 Å². The van der Waals surface area contributed by atoms with Gasteiger partial charge in [-0.3, -0.25) is 4.79 Å². The second-order valence-electron chi connectivity index (χ2n) is 3.15. The minimum absolute atomic E-state index is 0.0366. The van der Waals surface area contributed by atoms with Gasteiger partial charge in [0.1, 0.15) is 5.75 Å². The van der Waals surface area contributed by atoms with E-state index in [1.165, 1.54) is 19.1 Å². The van der Waals surface area contributed by atoms with Crippen molar-refractivity contribution in [3.63, 3.8) is 0 Å². The highest BCUT2D eigenvalue weighted by Gasteiger charge is 2.08. The third-order valence-electron chi connectivity index (χ3n) is 2.01. The molecule has 0 saturated heterocycles. The summed E-state index contributed by atoms with van der Waals surface area (Å²) in [6.45, 7) is 0.406. The number of aryl methyl sites for hydroxylation is 1. The predicted octanol–water partition coefficient (Wildman–Crippen LogP) is 3.05. The van der Waals surface area contributed by atoms with Crippen molar-refractivity contribution in [3.8, 4) is 5.75 Å². The molecule has 82 valence electrons. The Morgan fingerprint density at radius 1 is 1.40 bits per heavy atom. The highest BCUT2D eigenvalue weighted by molar-refractivity contribution is 5.94. The number of alkyl halides is 2. The lowest BCUT2D eigenvalue weighted by atomic mass is 10.1. The summed E-state index contributed by atoms with van der Waals surface area (Å²) in [6.07, 6.45) is 0.667. The molecular formula is C11H12F2O2. The summed E-state index contributed by atoms with van der Waals surface area (Å²) in [7, 11) is 0. The molecule has 1 aromatic rings. The van der Waals surface area contributed by atoms with Crippen molar-refractivity contribution in [3.05, 3.63) is 29.3 Å². The second kappa shape index (κ2) is 4.87. The topological polar surface area (TPSA) is 26.3 Å². The zero-order valence-corrected chi connectivity index (χ0v) is 8.59. The molecule has 0 aliphatic heterocycles. The molecule has 1 aromatic carbocycles. The van der Waals surface area contributed by atoms with Crippen LogP contribution in [0, 0.1) is 0 Å². The van der Waals surface area contributed by atoms with Gasteiger partial charge in [0.25, 0.3) is 0 Å². The Hall–Kier alpha value is -1.45. The minimum atomic E-state index is -2.86. The molecule has 0 aliphatic rings. The van der Waals surface area contributed by atoms with Crippen LogP contribution in [0.25, 0.3) is 0 Å². The van der Waals surface area contributed by atoms with E-state index in [4.69, 9.17) is 0 Å². The Labute approximate surface area is 86.9 Å². The summed E-state index contributed by atoms with van der Waals surface area (Å²) in [6, 6.07) is 4.52. The molecule has 0 N–H and O–H groups in total.